The summed E-state index contributed by atoms with van der Waals surface area (Å²) >= 11 is 1.34. The average molecular weight is 351 g/mol. The molecule has 0 aliphatic rings. The van der Waals surface area contributed by atoms with Gasteiger partial charge in [0.15, 0.2) is 5.17 Å². The maximum atomic E-state index is 12.4. The zero-order valence-corrected chi connectivity index (χ0v) is 13.5. The Morgan fingerprint density at radius 3 is 2.46 bits per heavy atom. The van der Waals surface area contributed by atoms with Crippen molar-refractivity contribution in [2.75, 3.05) is 0 Å². The third-order valence-corrected chi connectivity index (χ3v) is 3.80. The second kappa shape index (κ2) is 8.54. The van der Waals surface area contributed by atoms with E-state index in [1.807, 2.05) is 30.3 Å². The quantitative estimate of drug-likeness (QED) is 0.494. The predicted octanol–water partition coefficient (Wildman–Crippen LogP) is 4.37. The summed E-state index contributed by atoms with van der Waals surface area (Å²) in [6, 6.07) is 15.8. The Kier molecular flexibility index (Phi) is 6.43. The molecule has 2 aromatic carbocycles. The molecule has 2 N–H and O–H groups in total. The van der Waals surface area contributed by atoms with E-state index < -0.39 is 12.6 Å². The summed E-state index contributed by atoms with van der Waals surface area (Å²) in [7, 11) is 0. The molecule has 0 aliphatic heterocycles. The van der Waals surface area contributed by atoms with Crippen molar-refractivity contribution in [2.24, 2.45) is 15.9 Å². The maximum absolute atomic E-state index is 12.4. The Morgan fingerprint density at radius 1 is 1.04 bits per heavy atom. The molecule has 0 fully saturated rings. The second-order valence-corrected chi connectivity index (χ2v) is 5.99. The summed E-state index contributed by atoms with van der Waals surface area (Å²) in [6.07, 6.45) is -3.81. The topological polar surface area (TPSA) is 50.7 Å². The molecule has 24 heavy (non-hydrogen) atoms. The van der Waals surface area contributed by atoms with Gasteiger partial charge in [-0.3, -0.25) is 0 Å². The normalized spacial score (nSPS) is 12.7. The van der Waals surface area contributed by atoms with Crippen LogP contribution < -0.4 is 5.73 Å². The Bertz CT molecular complexity index is 713. The first kappa shape index (κ1) is 18.1. The van der Waals surface area contributed by atoms with Crippen molar-refractivity contribution in [3.8, 4) is 0 Å². The number of alkyl halides is 3. The molecule has 0 radical (unpaired) electrons. The minimum Gasteiger partial charge on any atom is -0.377 e. The molecule has 3 nitrogen and oxygen atoms in total. The van der Waals surface area contributed by atoms with Crippen LogP contribution in [-0.4, -0.2) is 17.6 Å². The van der Waals surface area contributed by atoms with Crippen LogP contribution in [0.5, 0.6) is 0 Å². The molecule has 0 spiro atoms. The Hall–Kier alpha value is -2.28. The van der Waals surface area contributed by atoms with Crippen LogP contribution in [0.15, 0.2) is 64.8 Å². The monoisotopic (exact) mass is 351 g/mol. The van der Waals surface area contributed by atoms with Crippen LogP contribution in [0.2, 0.25) is 0 Å². The third-order valence-electron chi connectivity index (χ3n) is 2.95. The number of nitrogens with zero attached hydrogens (tertiary/aromatic N) is 2. The van der Waals surface area contributed by atoms with Gasteiger partial charge in [-0.25, -0.2) is 0 Å². The van der Waals surface area contributed by atoms with Crippen molar-refractivity contribution < 1.29 is 13.2 Å². The lowest BCUT2D eigenvalue weighted by Gasteiger charge is -2.06. The molecule has 0 unspecified atom stereocenters. The number of benzene rings is 2. The van der Waals surface area contributed by atoms with E-state index in [0.29, 0.717) is 16.5 Å². The number of rotatable bonds is 5. The van der Waals surface area contributed by atoms with Crippen molar-refractivity contribution in [3.63, 3.8) is 0 Å². The molecule has 0 amide bonds. The highest BCUT2D eigenvalue weighted by molar-refractivity contribution is 8.13. The van der Waals surface area contributed by atoms with Crippen molar-refractivity contribution >= 4 is 23.1 Å². The summed E-state index contributed by atoms with van der Waals surface area (Å²) in [4.78, 5) is 0. The minimum atomic E-state index is -4.23. The highest BCUT2D eigenvalue weighted by Gasteiger charge is 2.27. The minimum absolute atomic E-state index is 0.182. The first-order valence-corrected chi connectivity index (χ1v) is 8.10. The van der Waals surface area contributed by atoms with Gasteiger partial charge in [0.1, 0.15) is 0 Å². The van der Waals surface area contributed by atoms with Crippen LogP contribution in [0.25, 0.3) is 0 Å². The number of amidine groups is 1. The molecule has 0 aliphatic carbocycles. The third kappa shape index (κ3) is 6.87. The van der Waals surface area contributed by atoms with Crippen LogP contribution in [0.3, 0.4) is 0 Å². The van der Waals surface area contributed by atoms with Crippen LogP contribution in [0.1, 0.15) is 16.7 Å². The first-order chi connectivity index (χ1) is 11.4. The molecular weight excluding hydrogens is 335 g/mol. The number of hydrogen-bond acceptors (Lipinski definition) is 3. The van der Waals surface area contributed by atoms with Gasteiger partial charge in [-0.15, -0.1) is 5.10 Å². The van der Waals surface area contributed by atoms with E-state index in [9.17, 15) is 13.2 Å². The molecule has 2 rings (SSSR count). The highest BCUT2D eigenvalue weighted by atomic mass is 32.2. The lowest BCUT2D eigenvalue weighted by atomic mass is 10.1. The fraction of sp³-hybridized carbons (Fsp3) is 0.176. The van der Waals surface area contributed by atoms with E-state index in [4.69, 9.17) is 5.73 Å². The van der Waals surface area contributed by atoms with Gasteiger partial charge in [0.2, 0.25) is 0 Å². The molecular formula is C17H16F3N3S. The van der Waals surface area contributed by atoms with E-state index in [-0.39, 0.29) is 5.56 Å². The number of thioether (sulfide) groups is 1. The van der Waals surface area contributed by atoms with Crippen LogP contribution in [-0.2, 0) is 12.2 Å². The molecule has 0 saturated carbocycles. The fourth-order valence-electron chi connectivity index (χ4n) is 1.93. The summed E-state index contributed by atoms with van der Waals surface area (Å²) in [5.74, 6) is 0.673. The standard InChI is InChI=1S/C17H16F3N3S/c18-17(19,20)10-14-7-4-8-15(9-14)11-22-23-16(21)24-12-13-5-2-1-3-6-13/h1-9,11H,10,12H2,(H2,21,23). The molecule has 2 aromatic rings. The molecule has 0 aromatic heterocycles. The molecule has 0 bridgehead atoms. The molecule has 7 heteroatoms. The smallest absolute Gasteiger partial charge is 0.377 e. The zero-order valence-electron chi connectivity index (χ0n) is 12.7. The van der Waals surface area contributed by atoms with Crippen LogP contribution in [0, 0.1) is 0 Å². The van der Waals surface area contributed by atoms with E-state index >= 15 is 0 Å². The molecule has 0 heterocycles. The summed E-state index contributed by atoms with van der Waals surface area (Å²) in [6.45, 7) is 0. The lowest BCUT2D eigenvalue weighted by Crippen LogP contribution is -2.11. The largest absolute Gasteiger partial charge is 0.393 e. The summed E-state index contributed by atoms with van der Waals surface area (Å²) < 4.78 is 37.1. The van der Waals surface area contributed by atoms with Crippen molar-refractivity contribution in [1.29, 1.82) is 0 Å². The predicted molar refractivity (Wildman–Crippen MR) is 93.2 cm³/mol. The maximum Gasteiger partial charge on any atom is 0.393 e. The first-order valence-electron chi connectivity index (χ1n) is 7.11. The highest BCUT2D eigenvalue weighted by Crippen LogP contribution is 2.21. The van der Waals surface area contributed by atoms with Crippen molar-refractivity contribution in [1.82, 2.24) is 0 Å². The molecule has 126 valence electrons. The second-order valence-electron chi connectivity index (χ2n) is 4.99. The van der Waals surface area contributed by atoms with Crippen LogP contribution >= 0.6 is 11.8 Å². The van der Waals surface area contributed by atoms with Gasteiger partial charge < -0.3 is 5.73 Å². The van der Waals surface area contributed by atoms with Gasteiger partial charge in [-0.1, -0.05) is 60.3 Å². The Morgan fingerprint density at radius 2 is 1.75 bits per heavy atom. The van der Waals surface area contributed by atoms with Gasteiger partial charge in [0, 0.05) is 5.75 Å². The zero-order chi connectivity index (χ0) is 17.4. The van der Waals surface area contributed by atoms with Gasteiger partial charge in [0.05, 0.1) is 12.6 Å². The fourth-order valence-corrected chi connectivity index (χ4v) is 2.54. The Labute approximate surface area is 142 Å². The lowest BCUT2D eigenvalue weighted by molar-refractivity contribution is -0.127. The average Bonchev–Trinajstić information content (AvgIpc) is 2.53. The number of nitrogens with two attached hydrogens (primary N) is 1. The number of hydrogen-bond donors (Lipinski definition) is 1. The summed E-state index contributed by atoms with van der Waals surface area (Å²) in [5, 5.41) is 7.96. The van der Waals surface area contributed by atoms with Crippen LogP contribution in [0.4, 0.5) is 13.2 Å². The molecule has 0 saturated heterocycles. The SMILES string of the molecule is NC(=NN=Cc1cccc(CC(F)(F)F)c1)SCc1ccccc1. The van der Waals surface area contributed by atoms with E-state index in [2.05, 4.69) is 10.2 Å². The van der Waals surface area contributed by atoms with E-state index in [1.165, 1.54) is 30.1 Å². The van der Waals surface area contributed by atoms with E-state index in [0.717, 1.165) is 5.56 Å². The summed E-state index contributed by atoms with van der Waals surface area (Å²) in [5.41, 5.74) is 7.59. The van der Waals surface area contributed by atoms with Gasteiger partial charge >= 0.3 is 6.18 Å². The van der Waals surface area contributed by atoms with Gasteiger partial charge in [-0.05, 0) is 22.8 Å². The van der Waals surface area contributed by atoms with Crippen molar-refractivity contribution in [2.45, 2.75) is 18.3 Å². The van der Waals surface area contributed by atoms with Gasteiger partial charge in [0.25, 0.3) is 0 Å². The Balaban J connectivity index is 1.91. The van der Waals surface area contributed by atoms with Crippen molar-refractivity contribution in [3.05, 3.63) is 71.3 Å². The van der Waals surface area contributed by atoms with E-state index in [1.54, 1.807) is 12.1 Å². The molecule has 0 atom stereocenters. The number of halogens is 3. The van der Waals surface area contributed by atoms with Gasteiger partial charge in [-0.2, -0.15) is 18.3 Å².